The smallest absolute Gasteiger partial charge is 0.166 e. The SMILES string of the molecule is COCCOCCOCCn1cnc(C(C)N)n1. The molecule has 0 spiro atoms. The molecule has 0 amide bonds. The first kappa shape index (κ1) is 15.0. The van der Waals surface area contributed by atoms with Gasteiger partial charge in [0, 0.05) is 7.11 Å². The lowest BCUT2D eigenvalue weighted by Gasteiger charge is -2.05. The summed E-state index contributed by atoms with van der Waals surface area (Å²) in [5.41, 5.74) is 5.67. The molecule has 0 aliphatic carbocycles. The van der Waals surface area contributed by atoms with E-state index in [4.69, 9.17) is 19.9 Å². The maximum atomic E-state index is 5.67. The molecule has 1 aromatic heterocycles. The van der Waals surface area contributed by atoms with Crippen LogP contribution in [0, 0.1) is 0 Å². The molecular formula is C11H22N4O3. The monoisotopic (exact) mass is 258 g/mol. The van der Waals surface area contributed by atoms with Crippen molar-refractivity contribution in [1.29, 1.82) is 0 Å². The van der Waals surface area contributed by atoms with E-state index in [1.165, 1.54) is 0 Å². The van der Waals surface area contributed by atoms with E-state index < -0.39 is 0 Å². The van der Waals surface area contributed by atoms with Crippen molar-refractivity contribution in [3.8, 4) is 0 Å². The second-order valence-corrected chi connectivity index (χ2v) is 3.87. The summed E-state index contributed by atoms with van der Waals surface area (Å²) in [6.07, 6.45) is 1.66. The lowest BCUT2D eigenvalue weighted by molar-refractivity contribution is 0.0225. The minimum Gasteiger partial charge on any atom is -0.382 e. The zero-order chi connectivity index (χ0) is 13.2. The Labute approximate surface area is 107 Å². The fourth-order valence-electron chi connectivity index (χ4n) is 1.25. The van der Waals surface area contributed by atoms with Crippen molar-refractivity contribution in [3.05, 3.63) is 12.2 Å². The van der Waals surface area contributed by atoms with Crippen LogP contribution in [0.15, 0.2) is 6.33 Å². The van der Waals surface area contributed by atoms with Crippen LogP contribution in [0.1, 0.15) is 18.8 Å². The summed E-state index contributed by atoms with van der Waals surface area (Å²) in [5, 5.41) is 4.22. The summed E-state index contributed by atoms with van der Waals surface area (Å²) in [7, 11) is 1.65. The van der Waals surface area contributed by atoms with Gasteiger partial charge in [-0.1, -0.05) is 0 Å². The van der Waals surface area contributed by atoms with Gasteiger partial charge in [0.15, 0.2) is 5.82 Å². The van der Waals surface area contributed by atoms with Crippen molar-refractivity contribution in [1.82, 2.24) is 14.8 Å². The fraction of sp³-hybridized carbons (Fsp3) is 0.818. The van der Waals surface area contributed by atoms with E-state index >= 15 is 0 Å². The average molecular weight is 258 g/mol. The Morgan fingerprint density at radius 3 is 2.50 bits per heavy atom. The van der Waals surface area contributed by atoms with Gasteiger partial charge in [-0.3, -0.25) is 4.68 Å². The van der Waals surface area contributed by atoms with E-state index in [1.54, 1.807) is 18.1 Å². The zero-order valence-electron chi connectivity index (χ0n) is 11.0. The molecule has 7 heteroatoms. The summed E-state index contributed by atoms with van der Waals surface area (Å²) in [6.45, 7) is 5.45. The number of nitrogens with two attached hydrogens (primary N) is 1. The largest absolute Gasteiger partial charge is 0.382 e. The third kappa shape index (κ3) is 6.06. The van der Waals surface area contributed by atoms with Crippen molar-refractivity contribution < 1.29 is 14.2 Å². The second kappa shape index (κ2) is 8.98. The van der Waals surface area contributed by atoms with Crippen LogP contribution in [-0.4, -0.2) is 54.9 Å². The van der Waals surface area contributed by atoms with Crippen LogP contribution in [0.2, 0.25) is 0 Å². The van der Waals surface area contributed by atoms with Crippen LogP contribution in [0.5, 0.6) is 0 Å². The van der Waals surface area contributed by atoms with Gasteiger partial charge < -0.3 is 19.9 Å². The standard InChI is InChI=1S/C11H22N4O3/c1-10(12)11-13-9-15(14-11)3-4-17-7-8-18-6-5-16-2/h9-10H,3-8,12H2,1-2H3. The molecule has 0 fully saturated rings. The number of ether oxygens (including phenoxy) is 3. The fourth-order valence-corrected chi connectivity index (χ4v) is 1.25. The van der Waals surface area contributed by atoms with Crippen molar-refractivity contribution in [2.45, 2.75) is 19.5 Å². The van der Waals surface area contributed by atoms with Gasteiger partial charge in [-0.2, -0.15) is 5.10 Å². The summed E-state index contributed by atoms with van der Waals surface area (Å²) in [6, 6.07) is -0.138. The molecule has 1 aromatic rings. The van der Waals surface area contributed by atoms with Gasteiger partial charge in [0.2, 0.25) is 0 Å². The summed E-state index contributed by atoms with van der Waals surface area (Å²) in [4.78, 5) is 4.10. The number of hydrogen-bond acceptors (Lipinski definition) is 6. The lowest BCUT2D eigenvalue weighted by atomic mass is 10.4. The topological polar surface area (TPSA) is 84.4 Å². The highest BCUT2D eigenvalue weighted by Crippen LogP contribution is 2.00. The molecule has 1 atom stereocenters. The van der Waals surface area contributed by atoms with E-state index in [0.29, 0.717) is 45.4 Å². The highest BCUT2D eigenvalue weighted by Gasteiger charge is 2.04. The molecule has 0 radical (unpaired) electrons. The van der Waals surface area contributed by atoms with Gasteiger partial charge in [-0.25, -0.2) is 4.98 Å². The van der Waals surface area contributed by atoms with Gasteiger partial charge in [0.25, 0.3) is 0 Å². The molecule has 0 aromatic carbocycles. The first-order chi connectivity index (χ1) is 8.74. The summed E-state index contributed by atoms with van der Waals surface area (Å²) < 4.78 is 17.2. The normalized spacial score (nSPS) is 12.8. The molecule has 104 valence electrons. The molecule has 0 bridgehead atoms. The van der Waals surface area contributed by atoms with Gasteiger partial charge in [-0.05, 0) is 6.92 Å². The summed E-state index contributed by atoms with van der Waals surface area (Å²) in [5.74, 6) is 0.651. The molecule has 1 heterocycles. The number of nitrogens with zero attached hydrogens (tertiary/aromatic N) is 3. The van der Waals surface area contributed by atoms with Crippen molar-refractivity contribution in [3.63, 3.8) is 0 Å². The van der Waals surface area contributed by atoms with Gasteiger partial charge in [0.1, 0.15) is 6.33 Å². The minimum atomic E-state index is -0.138. The zero-order valence-corrected chi connectivity index (χ0v) is 11.0. The number of rotatable bonds is 10. The Bertz CT molecular complexity index is 317. The maximum absolute atomic E-state index is 5.67. The molecule has 0 aliphatic heterocycles. The Morgan fingerprint density at radius 1 is 1.22 bits per heavy atom. The maximum Gasteiger partial charge on any atom is 0.166 e. The third-order valence-corrected chi connectivity index (χ3v) is 2.23. The van der Waals surface area contributed by atoms with E-state index in [9.17, 15) is 0 Å². The van der Waals surface area contributed by atoms with Gasteiger partial charge >= 0.3 is 0 Å². The van der Waals surface area contributed by atoms with E-state index in [2.05, 4.69) is 10.1 Å². The van der Waals surface area contributed by atoms with Crippen molar-refractivity contribution in [2.75, 3.05) is 40.1 Å². The molecule has 1 unspecified atom stereocenters. The Hall–Kier alpha value is -1.02. The van der Waals surface area contributed by atoms with E-state index in [1.807, 2.05) is 6.92 Å². The van der Waals surface area contributed by atoms with E-state index in [-0.39, 0.29) is 6.04 Å². The molecule has 2 N–H and O–H groups in total. The predicted octanol–water partition coefficient (Wildman–Crippen LogP) is -0.0226. The number of aromatic nitrogens is 3. The van der Waals surface area contributed by atoms with Crippen LogP contribution in [-0.2, 0) is 20.8 Å². The second-order valence-electron chi connectivity index (χ2n) is 3.87. The van der Waals surface area contributed by atoms with Crippen LogP contribution in [0.25, 0.3) is 0 Å². The Balaban J connectivity index is 2.00. The summed E-state index contributed by atoms with van der Waals surface area (Å²) >= 11 is 0. The Morgan fingerprint density at radius 2 is 1.89 bits per heavy atom. The molecule has 0 aliphatic rings. The van der Waals surface area contributed by atoms with Crippen molar-refractivity contribution in [2.24, 2.45) is 5.73 Å². The Kier molecular flexibility index (Phi) is 7.51. The first-order valence-electron chi connectivity index (χ1n) is 6.03. The van der Waals surface area contributed by atoms with Crippen LogP contribution < -0.4 is 5.73 Å². The average Bonchev–Trinajstić information content (AvgIpc) is 2.81. The molecule has 18 heavy (non-hydrogen) atoms. The number of hydrogen-bond donors (Lipinski definition) is 1. The van der Waals surface area contributed by atoms with Crippen molar-refractivity contribution >= 4 is 0 Å². The van der Waals surface area contributed by atoms with E-state index in [0.717, 1.165) is 0 Å². The molecule has 7 nitrogen and oxygen atoms in total. The molecular weight excluding hydrogens is 236 g/mol. The number of methoxy groups -OCH3 is 1. The molecule has 0 saturated heterocycles. The third-order valence-electron chi connectivity index (χ3n) is 2.23. The molecule has 1 rings (SSSR count). The predicted molar refractivity (Wildman–Crippen MR) is 66.1 cm³/mol. The van der Waals surface area contributed by atoms with Gasteiger partial charge in [0.05, 0.1) is 45.6 Å². The van der Waals surface area contributed by atoms with Crippen LogP contribution in [0.3, 0.4) is 0 Å². The van der Waals surface area contributed by atoms with Gasteiger partial charge in [-0.15, -0.1) is 0 Å². The minimum absolute atomic E-state index is 0.138. The van der Waals surface area contributed by atoms with Crippen LogP contribution in [0.4, 0.5) is 0 Å². The first-order valence-corrected chi connectivity index (χ1v) is 6.03. The highest BCUT2D eigenvalue weighted by atomic mass is 16.5. The molecule has 0 saturated carbocycles. The highest BCUT2D eigenvalue weighted by molar-refractivity contribution is 4.87. The van der Waals surface area contributed by atoms with Crippen LogP contribution >= 0.6 is 0 Å². The quantitative estimate of drug-likeness (QED) is 0.594. The lowest BCUT2D eigenvalue weighted by Crippen LogP contribution is -2.13.